The summed E-state index contributed by atoms with van der Waals surface area (Å²) in [6, 6.07) is 12.3. The molecule has 2 aliphatic rings. The maximum absolute atomic E-state index is 15.6. The van der Waals surface area contributed by atoms with Crippen LogP contribution in [0.25, 0.3) is 33.6 Å². The molecular weight excluding hydrogens is 663 g/mol. The summed E-state index contributed by atoms with van der Waals surface area (Å²) in [7, 11) is 0. The van der Waals surface area contributed by atoms with E-state index in [1.165, 1.54) is 6.07 Å². The monoisotopic (exact) mass is 712 g/mol. The van der Waals surface area contributed by atoms with Gasteiger partial charge in [0.2, 0.25) is 5.91 Å². The van der Waals surface area contributed by atoms with Gasteiger partial charge in [0.25, 0.3) is 5.91 Å². The van der Waals surface area contributed by atoms with Crippen LogP contribution in [0.2, 0.25) is 0 Å². The molecule has 12 nitrogen and oxygen atoms in total. The minimum absolute atomic E-state index is 0.0969. The van der Waals surface area contributed by atoms with Crippen molar-refractivity contribution in [2.24, 2.45) is 11.7 Å². The number of hydrogen-bond acceptors (Lipinski definition) is 7. The summed E-state index contributed by atoms with van der Waals surface area (Å²) in [6.45, 7) is 12.5. The fourth-order valence-electron chi connectivity index (χ4n) is 7.61. The zero-order chi connectivity index (χ0) is 37.1. The van der Waals surface area contributed by atoms with Crippen molar-refractivity contribution in [1.82, 2.24) is 34.6 Å². The number of benzene rings is 2. The highest BCUT2D eigenvalue weighted by molar-refractivity contribution is 5.84. The molecule has 2 aromatic carbocycles. The molecule has 4 atom stereocenters. The Hall–Kier alpha value is -5.04. The summed E-state index contributed by atoms with van der Waals surface area (Å²) < 4.78 is 20.8. The van der Waals surface area contributed by atoms with Gasteiger partial charge in [-0.25, -0.2) is 19.2 Å². The number of primary amides is 1. The molecule has 4 heterocycles. The van der Waals surface area contributed by atoms with Crippen LogP contribution in [0.15, 0.2) is 54.9 Å². The smallest absolute Gasteiger partial charge is 0.405 e. The van der Waals surface area contributed by atoms with Gasteiger partial charge < -0.3 is 30.2 Å². The van der Waals surface area contributed by atoms with E-state index in [-0.39, 0.29) is 41.7 Å². The highest BCUT2D eigenvalue weighted by Crippen LogP contribution is 2.36. The van der Waals surface area contributed by atoms with E-state index in [1.807, 2.05) is 56.0 Å². The van der Waals surface area contributed by atoms with Crippen molar-refractivity contribution in [2.75, 3.05) is 26.2 Å². The zero-order valence-corrected chi connectivity index (χ0v) is 30.6. The number of likely N-dealkylation sites (tertiary alicyclic amines) is 2. The van der Waals surface area contributed by atoms with E-state index in [9.17, 15) is 14.4 Å². The Morgan fingerprint density at radius 1 is 0.846 bits per heavy atom. The average Bonchev–Trinajstić information content (AvgIpc) is 3.97. The van der Waals surface area contributed by atoms with Gasteiger partial charge in [0.1, 0.15) is 17.5 Å². The van der Waals surface area contributed by atoms with Crippen molar-refractivity contribution in [3.63, 3.8) is 0 Å². The number of amides is 3. The van der Waals surface area contributed by atoms with Crippen molar-refractivity contribution >= 4 is 17.9 Å². The van der Waals surface area contributed by atoms with Gasteiger partial charge in [-0.1, -0.05) is 58.0 Å². The second-order valence-electron chi connectivity index (χ2n) is 14.0. The number of ether oxygens (including phenoxy) is 1. The fraction of sp³-hybridized carbons (Fsp3) is 0.462. The van der Waals surface area contributed by atoms with E-state index in [4.69, 9.17) is 10.5 Å². The third kappa shape index (κ3) is 7.45. The normalized spacial score (nSPS) is 18.7. The number of carbonyl (C=O) groups excluding carboxylic acids is 3. The number of aromatic amines is 2. The maximum Gasteiger partial charge on any atom is 0.405 e. The minimum atomic E-state index is -0.973. The van der Waals surface area contributed by atoms with Gasteiger partial charge in [-0.15, -0.1) is 0 Å². The first kappa shape index (κ1) is 36.7. The molecule has 3 amide bonds. The molecule has 13 heteroatoms. The number of rotatable bonds is 12. The number of nitrogens with two attached hydrogens (primary N) is 1. The predicted molar refractivity (Wildman–Crippen MR) is 196 cm³/mol. The van der Waals surface area contributed by atoms with Gasteiger partial charge >= 0.3 is 6.09 Å². The van der Waals surface area contributed by atoms with Crippen molar-refractivity contribution in [3.8, 4) is 33.6 Å². The lowest BCUT2D eigenvalue weighted by Crippen LogP contribution is -2.46. The first-order valence-electron chi connectivity index (χ1n) is 18.3. The molecule has 2 aromatic heterocycles. The summed E-state index contributed by atoms with van der Waals surface area (Å²) in [5.41, 5.74) is 9.48. The molecule has 2 saturated heterocycles. The van der Waals surface area contributed by atoms with Gasteiger partial charge in [-0.3, -0.25) is 14.5 Å². The Bertz CT molecular complexity index is 1880. The van der Waals surface area contributed by atoms with Crippen LogP contribution in [-0.2, 0) is 14.3 Å². The molecule has 6 rings (SSSR count). The SMILES string of the molecule is CCN(CC)[C@H](C)C(=O)N1CCC[C@H]1c1ncc(-c2ccc(-c3ccc(-c4cnc([C@@H]5CCCN5C(=O)[C@@H](OC(N)=O)C(C)C)[nH]4)cc3)cc2F)[nH]1. The number of imidazole rings is 2. The standard InChI is InChI=1S/C39H49FN8O4/c1-6-46(7-2)24(5)37(49)47-18-8-10-32(47)36-43-22-31(45-36)28-17-16-27(20-29(28)40)25-12-14-26(15-13-25)30-21-42-35(44-30)33-11-9-19-48(33)38(50)34(23(3)4)52-39(41)51/h12-17,20-24,32-34H,6-11,18-19H2,1-5H3,(H2,41,51)(H,42,44)(H,43,45)/t24-,32+,33+,34+/m1/s1. The Kier molecular flexibility index (Phi) is 11.1. The van der Waals surface area contributed by atoms with Crippen LogP contribution in [0.1, 0.15) is 84.0 Å². The first-order valence-corrected chi connectivity index (χ1v) is 18.3. The first-order chi connectivity index (χ1) is 25.0. The van der Waals surface area contributed by atoms with Crippen molar-refractivity contribution in [2.45, 2.75) is 84.5 Å². The molecule has 0 unspecified atom stereocenters. The number of aromatic nitrogens is 4. The second kappa shape index (κ2) is 15.7. The van der Waals surface area contributed by atoms with Gasteiger partial charge in [0.05, 0.1) is 41.9 Å². The van der Waals surface area contributed by atoms with Crippen LogP contribution in [0.3, 0.4) is 0 Å². The molecule has 4 aromatic rings. The van der Waals surface area contributed by atoms with E-state index in [0.29, 0.717) is 36.0 Å². The summed E-state index contributed by atoms with van der Waals surface area (Å²) in [4.78, 5) is 59.8. The summed E-state index contributed by atoms with van der Waals surface area (Å²) in [5, 5.41) is 0. The van der Waals surface area contributed by atoms with E-state index < -0.39 is 12.2 Å². The lowest BCUT2D eigenvalue weighted by Gasteiger charge is -2.31. The number of carbonyl (C=O) groups is 3. The summed E-state index contributed by atoms with van der Waals surface area (Å²) >= 11 is 0. The largest absolute Gasteiger partial charge is 0.436 e. The number of H-pyrrole nitrogens is 2. The van der Waals surface area contributed by atoms with Crippen LogP contribution in [-0.4, -0.2) is 90.9 Å². The Labute approximate surface area is 303 Å². The molecule has 0 saturated carbocycles. The molecule has 2 fully saturated rings. The van der Waals surface area contributed by atoms with E-state index in [1.54, 1.807) is 23.4 Å². The maximum atomic E-state index is 15.6. The summed E-state index contributed by atoms with van der Waals surface area (Å²) in [6.07, 6.45) is 4.70. The van der Waals surface area contributed by atoms with E-state index in [0.717, 1.165) is 61.2 Å². The van der Waals surface area contributed by atoms with Crippen LogP contribution in [0, 0.1) is 11.7 Å². The Morgan fingerprint density at radius 2 is 1.38 bits per heavy atom. The predicted octanol–water partition coefficient (Wildman–Crippen LogP) is 6.45. The quantitative estimate of drug-likeness (QED) is 0.153. The van der Waals surface area contributed by atoms with Crippen LogP contribution < -0.4 is 5.73 Å². The molecule has 0 bridgehead atoms. The Morgan fingerprint density at radius 3 is 1.94 bits per heavy atom. The van der Waals surface area contributed by atoms with E-state index in [2.05, 4.69) is 38.7 Å². The fourth-order valence-corrected chi connectivity index (χ4v) is 7.61. The number of nitrogens with zero attached hydrogens (tertiary/aromatic N) is 5. The zero-order valence-electron chi connectivity index (χ0n) is 30.6. The molecule has 4 N–H and O–H groups in total. The van der Waals surface area contributed by atoms with Crippen molar-refractivity contribution in [1.29, 1.82) is 0 Å². The molecular formula is C39H49FN8O4. The van der Waals surface area contributed by atoms with Gasteiger partial charge in [-0.05, 0) is 80.4 Å². The third-order valence-corrected chi connectivity index (χ3v) is 10.5. The molecule has 0 aliphatic carbocycles. The number of likely N-dealkylation sites (N-methyl/N-ethyl adjacent to an activating group) is 1. The van der Waals surface area contributed by atoms with Gasteiger partial charge in [0, 0.05) is 18.7 Å². The molecule has 0 spiro atoms. The van der Waals surface area contributed by atoms with Crippen molar-refractivity contribution in [3.05, 3.63) is 72.3 Å². The van der Waals surface area contributed by atoms with Crippen molar-refractivity contribution < 1.29 is 23.5 Å². The van der Waals surface area contributed by atoms with E-state index >= 15 is 4.39 Å². The van der Waals surface area contributed by atoms with Crippen LogP contribution >= 0.6 is 0 Å². The molecule has 0 radical (unpaired) electrons. The third-order valence-electron chi connectivity index (χ3n) is 10.5. The Balaban J connectivity index is 1.13. The topological polar surface area (TPSA) is 154 Å². The van der Waals surface area contributed by atoms with Crippen LogP contribution in [0.5, 0.6) is 0 Å². The lowest BCUT2D eigenvalue weighted by molar-refractivity contribution is -0.143. The number of halogens is 1. The highest BCUT2D eigenvalue weighted by Gasteiger charge is 2.39. The number of hydrogen-bond donors (Lipinski definition) is 3. The van der Waals surface area contributed by atoms with Gasteiger partial charge in [0.15, 0.2) is 6.10 Å². The molecule has 52 heavy (non-hydrogen) atoms. The lowest BCUT2D eigenvalue weighted by atomic mass is 10.0. The number of nitrogens with one attached hydrogen (secondary N) is 2. The molecule has 276 valence electrons. The minimum Gasteiger partial charge on any atom is -0.436 e. The molecule has 2 aliphatic heterocycles. The van der Waals surface area contributed by atoms with Gasteiger partial charge in [-0.2, -0.15) is 0 Å². The average molecular weight is 713 g/mol. The second-order valence-corrected chi connectivity index (χ2v) is 14.0. The summed E-state index contributed by atoms with van der Waals surface area (Å²) in [5.74, 6) is 0.552. The van der Waals surface area contributed by atoms with Crippen LogP contribution in [0.4, 0.5) is 9.18 Å². The highest BCUT2D eigenvalue weighted by atomic mass is 19.1.